The van der Waals surface area contributed by atoms with Gasteiger partial charge < -0.3 is 4.90 Å². The maximum atomic E-state index is 12.0. The molecule has 0 unspecified atom stereocenters. The average Bonchev–Trinajstić information content (AvgIpc) is 2.97. The molecule has 0 atom stereocenters. The lowest BCUT2D eigenvalue weighted by Gasteiger charge is -2.14. The minimum atomic E-state index is -0.0949. The predicted octanol–water partition coefficient (Wildman–Crippen LogP) is 0.809. The number of aromatic nitrogens is 4. The second-order valence-electron chi connectivity index (χ2n) is 4.33. The van der Waals surface area contributed by atoms with Crippen molar-refractivity contribution < 1.29 is 0 Å². The summed E-state index contributed by atoms with van der Waals surface area (Å²) in [7, 11) is 0. The molecule has 2 aromatic rings. The van der Waals surface area contributed by atoms with E-state index >= 15 is 0 Å². The number of aryl methyl sites for hydroxylation is 1. The van der Waals surface area contributed by atoms with Crippen LogP contribution in [0, 0.1) is 0 Å². The fraction of sp³-hybridized carbons (Fsp3) is 0.545. The van der Waals surface area contributed by atoms with Crippen molar-refractivity contribution >= 4 is 17.0 Å². The van der Waals surface area contributed by atoms with Gasteiger partial charge >= 0.3 is 0 Å². The summed E-state index contributed by atoms with van der Waals surface area (Å²) in [5.74, 6) is 0.659. The zero-order chi connectivity index (χ0) is 11.8. The van der Waals surface area contributed by atoms with E-state index in [2.05, 4.69) is 25.1 Å². The van der Waals surface area contributed by atoms with E-state index < -0.39 is 0 Å². The zero-order valence-electron chi connectivity index (χ0n) is 9.79. The summed E-state index contributed by atoms with van der Waals surface area (Å²) in [5.41, 5.74) is 1.27. The van der Waals surface area contributed by atoms with E-state index in [0.717, 1.165) is 38.0 Å². The molecule has 1 aliphatic heterocycles. The van der Waals surface area contributed by atoms with Crippen LogP contribution in [0.3, 0.4) is 0 Å². The fourth-order valence-corrected chi connectivity index (χ4v) is 2.32. The maximum Gasteiger partial charge on any atom is 0.263 e. The molecule has 0 spiro atoms. The summed E-state index contributed by atoms with van der Waals surface area (Å²) in [6, 6.07) is 0. The number of nitrogens with one attached hydrogen (secondary N) is 2. The third-order valence-corrected chi connectivity index (χ3v) is 3.23. The molecular weight excluding hydrogens is 218 g/mol. The largest absolute Gasteiger partial charge is 0.342 e. The van der Waals surface area contributed by atoms with Crippen molar-refractivity contribution in [2.45, 2.75) is 26.2 Å². The summed E-state index contributed by atoms with van der Waals surface area (Å²) >= 11 is 0. The molecular formula is C11H15N5O. The molecule has 1 saturated heterocycles. The first kappa shape index (κ1) is 10.3. The molecule has 90 valence electrons. The molecule has 2 aromatic heterocycles. The Bertz CT molecular complexity index is 593. The minimum Gasteiger partial charge on any atom is -0.342 e. The number of fused-ring (bicyclic) bond motifs is 1. The fourth-order valence-electron chi connectivity index (χ4n) is 2.32. The van der Waals surface area contributed by atoms with Crippen LogP contribution in [0.2, 0.25) is 0 Å². The second-order valence-corrected chi connectivity index (χ2v) is 4.33. The highest BCUT2D eigenvalue weighted by Gasteiger charge is 2.17. The summed E-state index contributed by atoms with van der Waals surface area (Å²) in [6.45, 7) is 3.90. The first-order chi connectivity index (χ1) is 8.29. The Labute approximate surface area is 98.1 Å². The van der Waals surface area contributed by atoms with Gasteiger partial charge in [0.15, 0.2) is 5.65 Å². The van der Waals surface area contributed by atoms with Gasteiger partial charge in [-0.15, -0.1) is 0 Å². The first-order valence-electron chi connectivity index (χ1n) is 6.02. The van der Waals surface area contributed by atoms with Gasteiger partial charge in [0.1, 0.15) is 5.39 Å². The van der Waals surface area contributed by atoms with Crippen molar-refractivity contribution in [3.8, 4) is 0 Å². The monoisotopic (exact) mass is 233 g/mol. The maximum absolute atomic E-state index is 12.0. The Morgan fingerprint density at radius 3 is 2.82 bits per heavy atom. The molecule has 0 amide bonds. The van der Waals surface area contributed by atoms with Gasteiger partial charge in [-0.05, 0) is 19.3 Å². The van der Waals surface area contributed by atoms with E-state index in [4.69, 9.17) is 0 Å². The number of hydrogen-bond acceptors (Lipinski definition) is 4. The van der Waals surface area contributed by atoms with E-state index in [9.17, 15) is 4.79 Å². The van der Waals surface area contributed by atoms with Crippen LogP contribution >= 0.6 is 0 Å². The van der Waals surface area contributed by atoms with E-state index in [1.54, 1.807) is 0 Å². The van der Waals surface area contributed by atoms with Crippen LogP contribution in [0.1, 0.15) is 25.5 Å². The van der Waals surface area contributed by atoms with E-state index in [1.807, 2.05) is 6.92 Å². The lowest BCUT2D eigenvalue weighted by molar-refractivity contribution is 0.897. The number of H-pyrrole nitrogens is 2. The molecule has 0 saturated carbocycles. The number of rotatable bonds is 2. The topological polar surface area (TPSA) is 77.7 Å². The molecule has 17 heavy (non-hydrogen) atoms. The van der Waals surface area contributed by atoms with Crippen molar-refractivity contribution in [1.82, 2.24) is 20.2 Å². The Kier molecular flexibility index (Phi) is 2.35. The molecule has 0 aliphatic carbocycles. The van der Waals surface area contributed by atoms with Crippen LogP contribution in [0.4, 0.5) is 5.95 Å². The standard InChI is InChI=1S/C11H15N5O/c1-2-7-8-9(15-14-7)12-11(13-10(8)17)16-5-3-4-6-16/h2-6H2,1H3,(H2,12,13,14,15,17). The number of nitrogens with zero attached hydrogens (tertiary/aromatic N) is 3. The van der Waals surface area contributed by atoms with Gasteiger partial charge in [0.25, 0.3) is 5.56 Å². The molecule has 3 rings (SSSR count). The lowest BCUT2D eigenvalue weighted by Crippen LogP contribution is -2.24. The Morgan fingerprint density at radius 1 is 1.35 bits per heavy atom. The summed E-state index contributed by atoms with van der Waals surface area (Å²) in [6.07, 6.45) is 3.05. The molecule has 0 bridgehead atoms. The molecule has 1 aliphatic rings. The van der Waals surface area contributed by atoms with Crippen molar-refractivity contribution in [3.05, 3.63) is 16.0 Å². The summed E-state index contributed by atoms with van der Waals surface area (Å²) < 4.78 is 0. The molecule has 0 aromatic carbocycles. The van der Waals surface area contributed by atoms with Gasteiger partial charge in [-0.25, -0.2) is 0 Å². The van der Waals surface area contributed by atoms with Crippen LogP contribution < -0.4 is 10.5 Å². The minimum absolute atomic E-state index is 0.0949. The van der Waals surface area contributed by atoms with Crippen LogP contribution in [-0.2, 0) is 6.42 Å². The predicted molar refractivity (Wildman–Crippen MR) is 65.3 cm³/mol. The highest BCUT2D eigenvalue weighted by Crippen LogP contribution is 2.17. The lowest BCUT2D eigenvalue weighted by atomic mass is 10.2. The van der Waals surface area contributed by atoms with Crippen LogP contribution in [0.15, 0.2) is 4.79 Å². The van der Waals surface area contributed by atoms with Gasteiger partial charge in [0, 0.05) is 13.1 Å². The highest BCUT2D eigenvalue weighted by atomic mass is 16.1. The third kappa shape index (κ3) is 1.60. The third-order valence-electron chi connectivity index (χ3n) is 3.23. The van der Waals surface area contributed by atoms with Gasteiger partial charge in [-0.1, -0.05) is 6.92 Å². The van der Waals surface area contributed by atoms with Crippen LogP contribution in [0.25, 0.3) is 11.0 Å². The van der Waals surface area contributed by atoms with E-state index in [-0.39, 0.29) is 5.56 Å². The Balaban J connectivity index is 2.14. The molecule has 1 fully saturated rings. The van der Waals surface area contributed by atoms with Gasteiger partial charge in [0.05, 0.1) is 5.69 Å². The average molecular weight is 233 g/mol. The molecule has 0 radical (unpaired) electrons. The van der Waals surface area contributed by atoms with Gasteiger partial charge in [-0.3, -0.25) is 14.9 Å². The molecule has 6 heteroatoms. The SMILES string of the molecule is CCc1n[nH]c2nc(N3CCCC3)[nH]c(=O)c12. The summed E-state index contributed by atoms with van der Waals surface area (Å²) in [4.78, 5) is 21.4. The second kappa shape index (κ2) is 3.87. The van der Waals surface area contributed by atoms with E-state index in [0.29, 0.717) is 17.0 Å². The number of hydrogen-bond donors (Lipinski definition) is 2. The Hall–Kier alpha value is -1.85. The van der Waals surface area contributed by atoms with Crippen molar-refractivity contribution in [3.63, 3.8) is 0 Å². The quantitative estimate of drug-likeness (QED) is 0.804. The molecule has 3 heterocycles. The van der Waals surface area contributed by atoms with Crippen molar-refractivity contribution in [2.24, 2.45) is 0 Å². The number of aromatic amines is 2. The van der Waals surface area contributed by atoms with Crippen molar-refractivity contribution in [1.29, 1.82) is 0 Å². The normalized spacial score (nSPS) is 15.9. The molecule has 6 nitrogen and oxygen atoms in total. The smallest absolute Gasteiger partial charge is 0.263 e. The molecule has 2 N–H and O–H groups in total. The highest BCUT2D eigenvalue weighted by molar-refractivity contribution is 5.77. The zero-order valence-corrected chi connectivity index (χ0v) is 9.79. The van der Waals surface area contributed by atoms with Crippen LogP contribution in [0.5, 0.6) is 0 Å². The van der Waals surface area contributed by atoms with Crippen LogP contribution in [-0.4, -0.2) is 33.3 Å². The van der Waals surface area contributed by atoms with Gasteiger partial charge in [0.2, 0.25) is 5.95 Å². The van der Waals surface area contributed by atoms with Crippen molar-refractivity contribution in [2.75, 3.05) is 18.0 Å². The number of anilines is 1. The Morgan fingerprint density at radius 2 is 2.12 bits per heavy atom. The first-order valence-corrected chi connectivity index (χ1v) is 6.02. The van der Waals surface area contributed by atoms with Gasteiger partial charge in [-0.2, -0.15) is 10.1 Å². The van der Waals surface area contributed by atoms with E-state index in [1.165, 1.54) is 0 Å². The summed E-state index contributed by atoms with van der Waals surface area (Å²) in [5, 5.41) is 7.55.